The summed E-state index contributed by atoms with van der Waals surface area (Å²) in [6, 6.07) is 4.12. The summed E-state index contributed by atoms with van der Waals surface area (Å²) in [6.07, 6.45) is 2.42. The molecule has 19 heavy (non-hydrogen) atoms. The van der Waals surface area contributed by atoms with E-state index in [1.807, 2.05) is 0 Å². The Balaban J connectivity index is 2.14. The monoisotopic (exact) mass is 327 g/mol. The van der Waals surface area contributed by atoms with Crippen LogP contribution in [0.25, 0.3) is 0 Å². The van der Waals surface area contributed by atoms with Crippen LogP contribution in [0, 0.1) is 5.82 Å². The summed E-state index contributed by atoms with van der Waals surface area (Å²) in [4.78, 5) is 25.2. The summed E-state index contributed by atoms with van der Waals surface area (Å²) in [5.74, 6) is -0.395. The van der Waals surface area contributed by atoms with Crippen LogP contribution in [-0.4, -0.2) is 29.7 Å². The Morgan fingerprint density at radius 1 is 1.37 bits per heavy atom. The maximum atomic E-state index is 13.2. The highest BCUT2D eigenvalue weighted by Gasteiger charge is 2.26. The predicted molar refractivity (Wildman–Crippen MR) is 73.5 cm³/mol. The van der Waals surface area contributed by atoms with Crippen molar-refractivity contribution in [3.8, 4) is 0 Å². The van der Waals surface area contributed by atoms with Crippen molar-refractivity contribution in [3.63, 3.8) is 0 Å². The lowest BCUT2D eigenvalue weighted by molar-refractivity contribution is -0.121. The number of rotatable bonds is 2. The zero-order valence-corrected chi connectivity index (χ0v) is 12.2. The van der Waals surface area contributed by atoms with Crippen molar-refractivity contribution in [2.75, 3.05) is 7.05 Å². The van der Waals surface area contributed by atoms with Crippen LogP contribution < -0.4 is 0 Å². The Labute approximate surface area is 119 Å². The van der Waals surface area contributed by atoms with Crippen molar-refractivity contribution in [1.29, 1.82) is 0 Å². The maximum absolute atomic E-state index is 13.2. The van der Waals surface area contributed by atoms with Gasteiger partial charge in [0.15, 0.2) is 0 Å². The summed E-state index contributed by atoms with van der Waals surface area (Å²) < 4.78 is 13.8. The second-order valence-electron chi connectivity index (χ2n) is 4.81. The van der Waals surface area contributed by atoms with Crippen LogP contribution in [0.5, 0.6) is 0 Å². The number of halogens is 2. The van der Waals surface area contributed by atoms with Crippen molar-refractivity contribution < 1.29 is 14.0 Å². The van der Waals surface area contributed by atoms with E-state index in [-0.39, 0.29) is 17.7 Å². The van der Waals surface area contributed by atoms with Gasteiger partial charge < -0.3 is 4.90 Å². The van der Waals surface area contributed by atoms with Gasteiger partial charge in [0.05, 0.1) is 5.56 Å². The summed E-state index contributed by atoms with van der Waals surface area (Å²) in [7, 11) is 1.71. The van der Waals surface area contributed by atoms with Gasteiger partial charge in [-0.1, -0.05) is 0 Å². The quantitative estimate of drug-likeness (QED) is 0.836. The highest BCUT2D eigenvalue weighted by Crippen LogP contribution is 2.24. The Morgan fingerprint density at radius 2 is 2.00 bits per heavy atom. The van der Waals surface area contributed by atoms with E-state index in [0.717, 1.165) is 0 Å². The van der Waals surface area contributed by atoms with Gasteiger partial charge in [0.25, 0.3) is 5.91 Å². The van der Waals surface area contributed by atoms with E-state index in [0.29, 0.717) is 35.7 Å². The topological polar surface area (TPSA) is 37.4 Å². The molecule has 0 N–H and O–H groups in total. The average Bonchev–Trinajstić information content (AvgIpc) is 2.41. The first-order chi connectivity index (χ1) is 8.99. The molecule has 2 rings (SSSR count). The molecule has 0 bridgehead atoms. The molecule has 5 heteroatoms. The van der Waals surface area contributed by atoms with Gasteiger partial charge >= 0.3 is 0 Å². The predicted octanol–water partition coefficient (Wildman–Crippen LogP) is 3.17. The molecule has 0 atom stereocenters. The van der Waals surface area contributed by atoms with E-state index in [4.69, 9.17) is 0 Å². The lowest BCUT2D eigenvalue weighted by Crippen LogP contribution is -2.39. The lowest BCUT2D eigenvalue weighted by Gasteiger charge is -2.31. The normalized spacial score (nSPS) is 16.5. The van der Waals surface area contributed by atoms with Crippen LogP contribution in [0.1, 0.15) is 36.0 Å². The van der Waals surface area contributed by atoms with Gasteiger partial charge in [-0.15, -0.1) is 0 Å². The minimum Gasteiger partial charge on any atom is -0.339 e. The van der Waals surface area contributed by atoms with Crippen LogP contribution in [-0.2, 0) is 4.79 Å². The number of Topliss-reactive ketones (excluding diaryl/α,β-unsaturated/α-hetero) is 1. The van der Waals surface area contributed by atoms with Crippen molar-refractivity contribution in [2.24, 2.45) is 0 Å². The van der Waals surface area contributed by atoms with Gasteiger partial charge in [-0.05, 0) is 47.0 Å². The van der Waals surface area contributed by atoms with Crippen molar-refractivity contribution in [1.82, 2.24) is 4.90 Å². The molecule has 0 saturated heterocycles. The van der Waals surface area contributed by atoms with Gasteiger partial charge in [0, 0.05) is 30.4 Å². The third-order valence-electron chi connectivity index (χ3n) is 3.54. The Morgan fingerprint density at radius 3 is 2.63 bits per heavy atom. The number of hydrogen-bond acceptors (Lipinski definition) is 2. The molecule has 3 nitrogen and oxygen atoms in total. The van der Waals surface area contributed by atoms with Gasteiger partial charge in [0.2, 0.25) is 0 Å². The van der Waals surface area contributed by atoms with E-state index in [1.165, 1.54) is 18.2 Å². The SMILES string of the molecule is CN(C(=O)c1cc(F)ccc1Br)C1CCC(=O)CC1. The lowest BCUT2D eigenvalue weighted by atomic mass is 9.93. The highest BCUT2D eigenvalue weighted by atomic mass is 79.9. The van der Waals surface area contributed by atoms with Crippen molar-refractivity contribution >= 4 is 27.6 Å². The molecule has 0 aromatic heterocycles. The molecule has 0 radical (unpaired) electrons. The summed E-state index contributed by atoms with van der Waals surface area (Å²) in [5.41, 5.74) is 0.319. The first-order valence-corrected chi connectivity index (χ1v) is 7.02. The summed E-state index contributed by atoms with van der Waals surface area (Å²) in [5, 5.41) is 0. The zero-order chi connectivity index (χ0) is 14.0. The van der Waals surface area contributed by atoms with Gasteiger partial charge in [0.1, 0.15) is 11.6 Å². The fourth-order valence-corrected chi connectivity index (χ4v) is 2.75. The van der Waals surface area contributed by atoms with E-state index >= 15 is 0 Å². The Hall–Kier alpha value is -1.23. The number of ketones is 1. The van der Waals surface area contributed by atoms with Gasteiger partial charge in [-0.25, -0.2) is 4.39 Å². The second-order valence-corrected chi connectivity index (χ2v) is 5.66. The third-order valence-corrected chi connectivity index (χ3v) is 4.23. The molecule has 1 saturated carbocycles. The first kappa shape index (κ1) is 14.2. The summed E-state index contributed by atoms with van der Waals surface area (Å²) in [6.45, 7) is 0. The van der Waals surface area contributed by atoms with Crippen molar-refractivity contribution in [3.05, 3.63) is 34.1 Å². The second kappa shape index (κ2) is 5.82. The molecule has 102 valence electrons. The molecule has 0 unspecified atom stereocenters. The molecule has 0 aliphatic heterocycles. The minimum atomic E-state index is -0.432. The average molecular weight is 328 g/mol. The van der Waals surface area contributed by atoms with E-state index in [9.17, 15) is 14.0 Å². The molecule has 1 fully saturated rings. The van der Waals surface area contributed by atoms with E-state index in [2.05, 4.69) is 15.9 Å². The molecule has 0 spiro atoms. The van der Waals surface area contributed by atoms with Gasteiger partial charge in [-0.2, -0.15) is 0 Å². The maximum Gasteiger partial charge on any atom is 0.255 e. The molecular formula is C14H15BrFNO2. The number of benzene rings is 1. The van der Waals surface area contributed by atoms with Crippen LogP contribution in [0.4, 0.5) is 4.39 Å². The van der Waals surface area contributed by atoms with Crippen LogP contribution in [0.2, 0.25) is 0 Å². The van der Waals surface area contributed by atoms with Gasteiger partial charge in [-0.3, -0.25) is 9.59 Å². The molecule has 1 aromatic rings. The number of carbonyl (C=O) groups excluding carboxylic acids is 2. The molecule has 1 aromatic carbocycles. The number of carbonyl (C=O) groups is 2. The number of hydrogen-bond donors (Lipinski definition) is 0. The van der Waals surface area contributed by atoms with E-state index < -0.39 is 5.82 Å². The largest absolute Gasteiger partial charge is 0.339 e. The first-order valence-electron chi connectivity index (χ1n) is 6.23. The fourth-order valence-electron chi connectivity index (χ4n) is 2.33. The minimum absolute atomic E-state index is 0.0559. The van der Waals surface area contributed by atoms with Crippen LogP contribution >= 0.6 is 15.9 Å². The highest BCUT2D eigenvalue weighted by molar-refractivity contribution is 9.10. The fraction of sp³-hybridized carbons (Fsp3) is 0.429. The molecule has 0 heterocycles. The van der Waals surface area contributed by atoms with Crippen molar-refractivity contribution in [2.45, 2.75) is 31.7 Å². The third kappa shape index (κ3) is 3.21. The zero-order valence-electron chi connectivity index (χ0n) is 10.7. The molecular weight excluding hydrogens is 313 g/mol. The standard InChI is InChI=1S/C14H15BrFNO2/c1-17(10-3-5-11(18)6-4-10)14(19)12-8-9(16)2-7-13(12)15/h2,7-8,10H,3-6H2,1H3. The number of amides is 1. The number of nitrogens with zero attached hydrogens (tertiary/aromatic N) is 1. The molecule has 1 aliphatic rings. The molecule has 1 aliphatic carbocycles. The summed E-state index contributed by atoms with van der Waals surface area (Å²) >= 11 is 3.26. The smallest absolute Gasteiger partial charge is 0.255 e. The van der Waals surface area contributed by atoms with Crippen LogP contribution in [0.3, 0.4) is 0 Å². The Kier molecular flexibility index (Phi) is 4.34. The van der Waals surface area contributed by atoms with E-state index in [1.54, 1.807) is 11.9 Å². The van der Waals surface area contributed by atoms with Crippen LogP contribution in [0.15, 0.2) is 22.7 Å². The Bertz CT molecular complexity index is 508. The molecule has 1 amide bonds.